The molecule has 2 fully saturated rings. The van der Waals surface area contributed by atoms with E-state index in [4.69, 9.17) is 0 Å². The quantitative estimate of drug-likeness (QED) is 0.854. The Morgan fingerprint density at radius 2 is 1.95 bits per heavy atom. The molecule has 0 atom stereocenters. The molecule has 0 spiro atoms. The molecule has 1 aromatic rings. The van der Waals surface area contributed by atoms with Crippen LogP contribution in [0.15, 0.2) is 24.3 Å². The molecule has 2 aliphatic rings. The van der Waals surface area contributed by atoms with Crippen molar-refractivity contribution in [2.75, 3.05) is 25.0 Å². The zero-order valence-corrected chi connectivity index (χ0v) is 12.4. The zero-order valence-electron chi connectivity index (χ0n) is 12.4. The first kappa shape index (κ1) is 13.9. The summed E-state index contributed by atoms with van der Waals surface area (Å²) >= 11 is 0. The van der Waals surface area contributed by atoms with Crippen molar-refractivity contribution in [2.24, 2.45) is 5.41 Å². The van der Waals surface area contributed by atoms with Gasteiger partial charge in [0.25, 0.3) is 0 Å². The van der Waals surface area contributed by atoms with Crippen LogP contribution in [0.2, 0.25) is 0 Å². The van der Waals surface area contributed by atoms with Gasteiger partial charge in [-0.15, -0.1) is 0 Å². The van der Waals surface area contributed by atoms with E-state index in [1.165, 1.54) is 38.5 Å². The van der Waals surface area contributed by atoms with Gasteiger partial charge in [0, 0.05) is 31.6 Å². The minimum absolute atomic E-state index is 0.113. The van der Waals surface area contributed by atoms with Crippen LogP contribution in [-0.2, 0) is 0 Å². The Kier molecular flexibility index (Phi) is 3.97. The van der Waals surface area contributed by atoms with Crippen LogP contribution < -0.4 is 10.2 Å². The number of nitrogens with zero attached hydrogens (tertiary/aromatic N) is 1. The van der Waals surface area contributed by atoms with Gasteiger partial charge < -0.3 is 10.2 Å². The van der Waals surface area contributed by atoms with E-state index in [0.29, 0.717) is 5.41 Å². The summed E-state index contributed by atoms with van der Waals surface area (Å²) in [6, 6.07) is 7.86. The molecule has 20 heavy (non-hydrogen) atoms. The Morgan fingerprint density at radius 3 is 2.60 bits per heavy atom. The predicted molar refractivity (Wildman–Crippen MR) is 81.6 cm³/mol. The molecule has 0 heterocycles. The lowest BCUT2D eigenvalue weighted by molar-refractivity contribution is 0.285. The highest BCUT2D eigenvalue weighted by molar-refractivity contribution is 5.47. The Labute approximate surface area is 121 Å². The van der Waals surface area contributed by atoms with E-state index >= 15 is 0 Å². The van der Waals surface area contributed by atoms with Gasteiger partial charge in [0.15, 0.2) is 0 Å². The average Bonchev–Trinajstić information content (AvgIpc) is 3.17. The van der Waals surface area contributed by atoms with Gasteiger partial charge in [0.05, 0.1) is 5.69 Å². The fourth-order valence-corrected chi connectivity index (χ4v) is 3.51. The van der Waals surface area contributed by atoms with Crippen molar-refractivity contribution < 1.29 is 4.39 Å². The van der Waals surface area contributed by atoms with Gasteiger partial charge in [0.2, 0.25) is 0 Å². The Balaban J connectivity index is 1.67. The molecule has 0 aliphatic heterocycles. The lowest BCUT2D eigenvalue weighted by Gasteiger charge is -2.35. The standard InChI is InChI=1S/C17H25FN2/c1-20(16-7-3-2-6-15(16)18)13-17(10-4-5-11-17)12-19-14-8-9-14/h2-3,6-7,14,19H,4-5,8-13H2,1H3. The van der Waals surface area contributed by atoms with Crippen molar-refractivity contribution in [3.05, 3.63) is 30.1 Å². The maximum atomic E-state index is 13.9. The monoisotopic (exact) mass is 276 g/mol. The van der Waals surface area contributed by atoms with Crippen LogP contribution in [0.5, 0.6) is 0 Å². The fourth-order valence-electron chi connectivity index (χ4n) is 3.51. The first-order valence-corrected chi connectivity index (χ1v) is 7.88. The molecule has 1 aromatic carbocycles. The molecule has 0 bridgehead atoms. The average molecular weight is 276 g/mol. The van der Waals surface area contributed by atoms with Gasteiger partial charge in [-0.2, -0.15) is 0 Å². The topological polar surface area (TPSA) is 15.3 Å². The third kappa shape index (κ3) is 3.14. The van der Waals surface area contributed by atoms with E-state index in [0.717, 1.165) is 24.8 Å². The zero-order chi connectivity index (χ0) is 14.0. The van der Waals surface area contributed by atoms with Crippen LogP contribution in [0.3, 0.4) is 0 Å². The summed E-state index contributed by atoms with van der Waals surface area (Å²) in [5.41, 5.74) is 1.06. The summed E-state index contributed by atoms with van der Waals surface area (Å²) in [6.45, 7) is 2.05. The SMILES string of the molecule is CN(CC1(CNC2CC2)CCCC1)c1ccccc1F. The van der Waals surface area contributed by atoms with E-state index in [1.807, 2.05) is 19.2 Å². The van der Waals surface area contributed by atoms with Crippen LogP contribution in [0.4, 0.5) is 10.1 Å². The normalized spacial score (nSPS) is 21.1. The van der Waals surface area contributed by atoms with Crippen molar-refractivity contribution in [3.8, 4) is 0 Å². The Hall–Kier alpha value is -1.09. The van der Waals surface area contributed by atoms with Crippen molar-refractivity contribution in [1.82, 2.24) is 5.32 Å². The van der Waals surface area contributed by atoms with Crippen LogP contribution in [0.25, 0.3) is 0 Å². The number of nitrogens with one attached hydrogen (secondary N) is 1. The Morgan fingerprint density at radius 1 is 1.25 bits per heavy atom. The minimum Gasteiger partial charge on any atom is -0.372 e. The molecule has 2 saturated carbocycles. The number of anilines is 1. The number of hydrogen-bond acceptors (Lipinski definition) is 2. The van der Waals surface area contributed by atoms with Crippen LogP contribution >= 0.6 is 0 Å². The Bertz CT molecular complexity index is 450. The molecule has 0 unspecified atom stereocenters. The van der Waals surface area contributed by atoms with Crippen molar-refractivity contribution >= 4 is 5.69 Å². The molecule has 0 aromatic heterocycles. The van der Waals surface area contributed by atoms with Gasteiger partial charge >= 0.3 is 0 Å². The van der Waals surface area contributed by atoms with Crippen LogP contribution in [0, 0.1) is 11.2 Å². The van der Waals surface area contributed by atoms with E-state index < -0.39 is 0 Å². The van der Waals surface area contributed by atoms with E-state index in [9.17, 15) is 4.39 Å². The van der Waals surface area contributed by atoms with Crippen molar-refractivity contribution in [3.63, 3.8) is 0 Å². The molecule has 3 rings (SSSR count). The van der Waals surface area contributed by atoms with E-state index in [2.05, 4.69) is 10.2 Å². The number of halogens is 1. The number of para-hydroxylation sites is 1. The summed E-state index contributed by atoms with van der Waals surface area (Å²) in [4.78, 5) is 2.11. The molecule has 2 nitrogen and oxygen atoms in total. The first-order valence-electron chi connectivity index (χ1n) is 7.88. The maximum absolute atomic E-state index is 13.9. The van der Waals surface area contributed by atoms with Gasteiger partial charge in [0.1, 0.15) is 5.82 Å². The van der Waals surface area contributed by atoms with Gasteiger partial charge in [-0.3, -0.25) is 0 Å². The number of hydrogen-bond donors (Lipinski definition) is 1. The van der Waals surface area contributed by atoms with E-state index in [-0.39, 0.29) is 5.82 Å². The summed E-state index contributed by atoms with van der Waals surface area (Å²) < 4.78 is 13.9. The second-order valence-electron chi connectivity index (χ2n) is 6.67. The summed E-state index contributed by atoms with van der Waals surface area (Å²) in [6.07, 6.45) is 7.84. The molecule has 0 radical (unpaired) electrons. The third-order valence-electron chi connectivity index (χ3n) is 4.84. The number of rotatable bonds is 6. The largest absolute Gasteiger partial charge is 0.372 e. The van der Waals surface area contributed by atoms with E-state index in [1.54, 1.807) is 12.1 Å². The molecular formula is C17H25FN2. The highest BCUT2D eigenvalue weighted by Gasteiger charge is 2.36. The summed E-state index contributed by atoms with van der Waals surface area (Å²) in [7, 11) is 2.02. The predicted octanol–water partition coefficient (Wildman–Crippen LogP) is 3.57. The summed E-state index contributed by atoms with van der Waals surface area (Å²) in [5.74, 6) is -0.113. The van der Waals surface area contributed by atoms with Crippen molar-refractivity contribution in [1.29, 1.82) is 0 Å². The lowest BCUT2D eigenvalue weighted by atomic mass is 9.85. The molecule has 110 valence electrons. The molecule has 2 aliphatic carbocycles. The third-order valence-corrected chi connectivity index (χ3v) is 4.84. The highest BCUT2D eigenvalue weighted by Crippen LogP contribution is 2.39. The van der Waals surface area contributed by atoms with Gasteiger partial charge in [-0.1, -0.05) is 25.0 Å². The van der Waals surface area contributed by atoms with Gasteiger partial charge in [-0.05, 0) is 37.8 Å². The molecule has 3 heteroatoms. The highest BCUT2D eigenvalue weighted by atomic mass is 19.1. The molecule has 0 saturated heterocycles. The second kappa shape index (κ2) is 5.72. The molecule has 0 amide bonds. The molecular weight excluding hydrogens is 251 g/mol. The van der Waals surface area contributed by atoms with Crippen molar-refractivity contribution in [2.45, 2.75) is 44.6 Å². The van der Waals surface area contributed by atoms with Gasteiger partial charge in [-0.25, -0.2) is 4.39 Å². The molecule has 1 N–H and O–H groups in total. The first-order chi connectivity index (χ1) is 9.69. The minimum atomic E-state index is -0.113. The number of benzene rings is 1. The smallest absolute Gasteiger partial charge is 0.146 e. The second-order valence-corrected chi connectivity index (χ2v) is 6.67. The fraction of sp³-hybridized carbons (Fsp3) is 0.647. The maximum Gasteiger partial charge on any atom is 0.146 e. The lowest BCUT2D eigenvalue weighted by Crippen LogP contribution is -2.42. The van der Waals surface area contributed by atoms with Crippen LogP contribution in [0.1, 0.15) is 38.5 Å². The van der Waals surface area contributed by atoms with Crippen LogP contribution in [-0.4, -0.2) is 26.2 Å². The summed E-state index contributed by atoms with van der Waals surface area (Å²) in [5, 5.41) is 3.69.